The Morgan fingerprint density at radius 1 is 0.945 bits per heavy atom. The Hall–Kier alpha value is -4.08. The first-order chi connectivity index (χ1) is 26.6. The van der Waals surface area contributed by atoms with Crippen LogP contribution in [-0.2, 0) is 0 Å². The highest BCUT2D eigenvalue weighted by Gasteiger charge is 2.40. The predicted octanol–water partition coefficient (Wildman–Crippen LogP) is 7.15. The third-order valence-corrected chi connectivity index (χ3v) is 12.6. The summed E-state index contributed by atoms with van der Waals surface area (Å²) in [6.45, 7) is 10.4. The number of benzene rings is 3. The van der Waals surface area contributed by atoms with Crippen LogP contribution in [-0.4, -0.2) is 118 Å². The van der Waals surface area contributed by atoms with Gasteiger partial charge in [0.25, 0.3) is 5.91 Å². The van der Waals surface area contributed by atoms with Crippen LogP contribution in [0.4, 0.5) is 5.69 Å². The zero-order valence-electron chi connectivity index (χ0n) is 31.4. The summed E-state index contributed by atoms with van der Waals surface area (Å²) in [5.74, 6) is 1.11. The van der Waals surface area contributed by atoms with Crippen LogP contribution in [0, 0.1) is 5.92 Å². The number of β-amino-alcohol motifs (C(OH)–C–C–N with tert-alkyl or cyclic N) is 1. The Balaban J connectivity index is 1.00. The molecule has 3 N–H and O–H groups in total. The number of aliphatic hydroxyl groups is 1. The number of H-pyrrole nitrogens is 2. The molecule has 288 valence electrons. The van der Waals surface area contributed by atoms with E-state index in [1.807, 2.05) is 54.6 Å². The van der Waals surface area contributed by atoms with E-state index in [2.05, 4.69) is 61.7 Å². The minimum atomic E-state index is -0.0157. The molecule has 2 aliphatic rings. The van der Waals surface area contributed by atoms with E-state index in [4.69, 9.17) is 21.6 Å². The number of hydrogen-bond donors (Lipinski definition) is 3. The second-order valence-corrected chi connectivity index (χ2v) is 18.7. The lowest BCUT2D eigenvalue weighted by Gasteiger charge is -2.48. The zero-order valence-corrected chi connectivity index (χ0v) is 33.7. The third-order valence-electron chi connectivity index (χ3n) is 10.4. The van der Waals surface area contributed by atoms with Crippen LogP contribution >= 0.6 is 35.1 Å². The van der Waals surface area contributed by atoms with Gasteiger partial charge in [-0.1, -0.05) is 80.2 Å². The van der Waals surface area contributed by atoms with Crippen molar-refractivity contribution in [2.75, 3.05) is 50.0 Å². The summed E-state index contributed by atoms with van der Waals surface area (Å²) < 4.78 is 0.0310. The molecule has 0 radical (unpaired) electrons. The molecule has 12 nitrogen and oxygen atoms in total. The van der Waals surface area contributed by atoms with E-state index >= 15 is 0 Å². The van der Waals surface area contributed by atoms with Gasteiger partial charge in [-0.25, -0.2) is 9.97 Å². The number of carbonyl (C=O) groups excluding carboxylic acids is 1. The minimum Gasteiger partial charge on any atom is -0.395 e. The van der Waals surface area contributed by atoms with Crippen molar-refractivity contribution >= 4 is 68.8 Å². The van der Waals surface area contributed by atoms with E-state index in [1.165, 1.54) is 4.80 Å². The first-order valence-electron chi connectivity index (χ1n) is 18.9. The van der Waals surface area contributed by atoms with E-state index < -0.39 is 0 Å². The number of aromatic nitrogens is 7. The van der Waals surface area contributed by atoms with Crippen LogP contribution in [0.5, 0.6) is 0 Å². The van der Waals surface area contributed by atoms with Crippen molar-refractivity contribution in [3.05, 3.63) is 83.6 Å². The lowest BCUT2D eigenvalue weighted by atomic mass is 9.75. The summed E-state index contributed by atoms with van der Waals surface area (Å²) in [6.07, 6.45) is 6.03. The van der Waals surface area contributed by atoms with Crippen LogP contribution in [0.15, 0.2) is 83.4 Å². The molecule has 1 atom stereocenters. The van der Waals surface area contributed by atoms with Gasteiger partial charge < -0.3 is 24.9 Å². The number of aromatic amines is 2. The fraction of sp³-hybridized carbons (Fsp3) is 0.425. The fourth-order valence-corrected chi connectivity index (χ4v) is 9.87. The maximum atomic E-state index is 14.5. The predicted molar refractivity (Wildman–Crippen MR) is 222 cm³/mol. The Morgan fingerprint density at radius 3 is 2.47 bits per heavy atom. The highest BCUT2D eigenvalue weighted by atomic mass is 35.5. The molecule has 2 fully saturated rings. The normalized spacial score (nSPS) is 19.3. The highest BCUT2D eigenvalue weighted by molar-refractivity contribution is 8.00. The summed E-state index contributed by atoms with van der Waals surface area (Å²) in [7, 11) is 0. The molecule has 4 heterocycles. The van der Waals surface area contributed by atoms with E-state index in [-0.39, 0.29) is 29.3 Å². The molecule has 55 heavy (non-hydrogen) atoms. The van der Waals surface area contributed by atoms with Crippen molar-refractivity contribution in [3.63, 3.8) is 0 Å². The van der Waals surface area contributed by atoms with Crippen molar-refractivity contribution < 1.29 is 9.90 Å². The highest BCUT2D eigenvalue weighted by Crippen LogP contribution is 2.41. The number of carbonyl (C=O) groups is 1. The number of amides is 1. The molecule has 8 rings (SSSR count). The number of nitrogens with zero attached hydrogens (tertiary/aromatic N) is 8. The number of aliphatic hydroxyl groups excluding tert-OH is 1. The second-order valence-electron chi connectivity index (χ2n) is 15.4. The number of hydrogen-bond acceptors (Lipinski definition) is 10. The Labute approximate surface area is 334 Å². The molecule has 1 saturated heterocycles. The van der Waals surface area contributed by atoms with Gasteiger partial charge in [0.1, 0.15) is 0 Å². The molecule has 1 aliphatic heterocycles. The minimum absolute atomic E-state index is 0.0157. The number of fused-ring (bicyclic) bond motifs is 2. The third kappa shape index (κ3) is 8.53. The number of imidazole rings is 2. The first-order valence-corrected chi connectivity index (χ1v) is 21.1. The molecule has 1 amide bonds. The van der Waals surface area contributed by atoms with Crippen LogP contribution < -0.4 is 4.90 Å². The summed E-state index contributed by atoms with van der Waals surface area (Å²) in [6, 6.07) is 20.0. The maximum absolute atomic E-state index is 14.5. The number of piperazine rings is 1. The van der Waals surface area contributed by atoms with E-state index in [1.54, 1.807) is 35.9 Å². The van der Waals surface area contributed by atoms with Gasteiger partial charge in [-0.2, -0.15) is 15.0 Å². The zero-order chi connectivity index (χ0) is 38.1. The van der Waals surface area contributed by atoms with Gasteiger partial charge in [0, 0.05) is 55.3 Å². The average molecular weight is 799 g/mol. The molecular formula is C40H47ClN10O2S2. The van der Waals surface area contributed by atoms with Gasteiger partial charge in [-0.15, -0.1) is 0 Å². The van der Waals surface area contributed by atoms with Crippen molar-refractivity contribution in [2.24, 2.45) is 5.92 Å². The lowest BCUT2D eigenvalue weighted by Crippen LogP contribution is -2.56. The van der Waals surface area contributed by atoms with Crippen molar-refractivity contribution in [1.29, 1.82) is 0 Å². The lowest BCUT2D eigenvalue weighted by molar-refractivity contribution is 0.0440. The molecule has 15 heteroatoms. The van der Waals surface area contributed by atoms with E-state index in [0.717, 1.165) is 77.0 Å². The quantitative estimate of drug-likeness (QED) is 0.103. The van der Waals surface area contributed by atoms with Gasteiger partial charge in [0.2, 0.25) is 0 Å². The van der Waals surface area contributed by atoms with Crippen LogP contribution in [0.2, 0.25) is 5.02 Å². The van der Waals surface area contributed by atoms with Gasteiger partial charge >= 0.3 is 0 Å². The maximum Gasteiger partial charge on any atom is 0.256 e. The summed E-state index contributed by atoms with van der Waals surface area (Å²) >= 11 is 10.4. The number of nitrogens with one attached hydrogen (secondary N) is 2. The molecule has 3 aromatic heterocycles. The number of anilines is 1. The molecular weight excluding hydrogens is 752 g/mol. The van der Waals surface area contributed by atoms with Gasteiger partial charge in [0.05, 0.1) is 63.0 Å². The summed E-state index contributed by atoms with van der Waals surface area (Å²) in [5, 5.41) is 20.9. The van der Waals surface area contributed by atoms with Crippen molar-refractivity contribution in [3.8, 4) is 5.69 Å². The number of thioether (sulfide) groups is 2. The van der Waals surface area contributed by atoms with Crippen LogP contribution in [0.3, 0.4) is 0 Å². The van der Waals surface area contributed by atoms with Crippen molar-refractivity contribution in [2.45, 2.75) is 67.2 Å². The average Bonchev–Trinajstić information content (AvgIpc) is 3.91. The van der Waals surface area contributed by atoms with E-state index in [9.17, 15) is 9.90 Å². The Morgan fingerprint density at radius 2 is 1.69 bits per heavy atom. The molecule has 0 bridgehead atoms. The molecule has 1 saturated carbocycles. The van der Waals surface area contributed by atoms with Crippen molar-refractivity contribution in [1.82, 2.24) is 44.7 Å². The molecule has 3 aromatic carbocycles. The Bertz CT molecular complexity index is 2210. The smallest absolute Gasteiger partial charge is 0.256 e. The van der Waals surface area contributed by atoms with Crippen LogP contribution in [0.1, 0.15) is 50.4 Å². The first kappa shape index (κ1) is 37.8. The van der Waals surface area contributed by atoms with Crippen LogP contribution in [0.25, 0.3) is 27.8 Å². The van der Waals surface area contributed by atoms with E-state index in [0.29, 0.717) is 41.0 Å². The summed E-state index contributed by atoms with van der Waals surface area (Å²) in [4.78, 5) is 39.4. The largest absolute Gasteiger partial charge is 0.395 e. The van der Waals surface area contributed by atoms with Gasteiger partial charge in [-0.05, 0) is 61.6 Å². The van der Waals surface area contributed by atoms with Gasteiger partial charge in [0.15, 0.2) is 10.3 Å². The fourth-order valence-electron chi connectivity index (χ4n) is 7.88. The Kier molecular flexibility index (Phi) is 11.1. The SMILES string of the molecule is CC(C)(C)Sc1nc2cc(N3CCN(CCO)CC3CC3CC(N(CCSc4nc5ccccc5[nH]4)C(=O)c4ccccc4-n4nccn4)C3)c(Cl)cc2[nH]1. The van der Waals surface area contributed by atoms with Gasteiger partial charge in [-0.3, -0.25) is 9.69 Å². The number of rotatable bonds is 13. The molecule has 0 spiro atoms. The standard InChI is InChI=1S/C40H47ClN10O2S2/c1-40(2,3)55-39-46-33-23-30(41)36(24-34(33)47-39)49-15-14-48(16-18-52)25-28(49)22-26-20-27(21-26)50(17-19-54-38-44-31-9-5-6-10-32(31)45-38)37(53)29-8-4-7-11-35(29)51-42-12-13-43-51/h4-13,23-24,26-28,52H,14-22,25H2,1-3H3,(H,44,45)(H,46,47). The summed E-state index contributed by atoms with van der Waals surface area (Å²) in [5.41, 5.74) is 6.04. The second kappa shape index (κ2) is 16.2. The molecule has 1 aliphatic carbocycles. The topological polar surface area (TPSA) is 135 Å². The number of para-hydroxylation sites is 3. The monoisotopic (exact) mass is 798 g/mol. The molecule has 1 unspecified atom stereocenters. The number of halogens is 1. The molecule has 6 aromatic rings.